The summed E-state index contributed by atoms with van der Waals surface area (Å²) in [5, 5.41) is 4.73. The molecule has 0 spiro atoms. The smallest absolute Gasteiger partial charge is 0.258 e. The van der Waals surface area contributed by atoms with E-state index < -0.39 is 0 Å². The van der Waals surface area contributed by atoms with Crippen molar-refractivity contribution in [2.45, 2.75) is 12.3 Å². The van der Waals surface area contributed by atoms with Gasteiger partial charge in [0.05, 0.1) is 29.0 Å². The third-order valence-corrected chi connectivity index (χ3v) is 5.89. The fourth-order valence-corrected chi connectivity index (χ4v) is 4.28. The van der Waals surface area contributed by atoms with Crippen molar-refractivity contribution >= 4 is 45.0 Å². The second kappa shape index (κ2) is 7.53. The van der Waals surface area contributed by atoms with Crippen molar-refractivity contribution in [2.75, 3.05) is 5.75 Å². The standard InChI is InChI=1S/C18H17N5O2S2/c1-22-14-5-3-2-4-13(14)21-15(22)9-19-16(24)11-26-10-12-8-17(25)23-6-7-27-18(23)20-12/h2-8H,9-11H2,1H3,(H,19,24). The van der Waals surface area contributed by atoms with Crippen molar-refractivity contribution in [3.05, 3.63) is 63.8 Å². The summed E-state index contributed by atoms with van der Waals surface area (Å²) in [6, 6.07) is 9.39. The lowest BCUT2D eigenvalue weighted by molar-refractivity contribution is -0.118. The Balaban J connectivity index is 1.31. The van der Waals surface area contributed by atoms with Gasteiger partial charge in [0.15, 0.2) is 4.96 Å². The highest BCUT2D eigenvalue weighted by Gasteiger charge is 2.09. The highest BCUT2D eigenvalue weighted by Crippen LogP contribution is 2.15. The molecule has 0 atom stereocenters. The summed E-state index contributed by atoms with van der Waals surface area (Å²) in [6.07, 6.45) is 1.71. The minimum Gasteiger partial charge on any atom is -0.348 e. The highest BCUT2D eigenvalue weighted by molar-refractivity contribution is 7.99. The Bertz CT molecular complexity index is 1180. The van der Waals surface area contributed by atoms with Crippen molar-refractivity contribution in [1.29, 1.82) is 0 Å². The van der Waals surface area contributed by atoms with Crippen LogP contribution < -0.4 is 10.9 Å². The summed E-state index contributed by atoms with van der Waals surface area (Å²) in [7, 11) is 1.94. The summed E-state index contributed by atoms with van der Waals surface area (Å²) >= 11 is 2.85. The van der Waals surface area contributed by atoms with E-state index >= 15 is 0 Å². The number of hydrogen-bond acceptors (Lipinski definition) is 6. The van der Waals surface area contributed by atoms with Crippen LogP contribution in [0.4, 0.5) is 0 Å². The Morgan fingerprint density at radius 3 is 3.00 bits per heavy atom. The molecule has 4 aromatic rings. The van der Waals surface area contributed by atoms with Crippen molar-refractivity contribution < 1.29 is 4.79 Å². The molecule has 1 amide bonds. The van der Waals surface area contributed by atoms with E-state index in [4.69, 9.17) is 0 Å². The van der Waals surface area contributed by atoms with Gasteiger partial charge in [-0.1, -0.05) is 12.1 Å². The number of hydrogen-bond donors (Lipinski definition) is 1. The van der Waals surface area contributed by atoms with Gasteiger partial charge in [0.2, 0.25) is 5.91 Å². The van der Waals surface area contributed by atoms with Crippen LogP contribution in [-0.2, 0) is 24.1 Å². The number of thioether (sulfide) groups is 1. The number of carbonyl (C=O) groups is 1. The van der Waals surface area contributed by atoms with Crippen molar-refractivity contribution in [2.24, 2.45) is 7.05 Å². The van der Waals surface area contributed by atoms with E-state index in [0.717, 1.165) is 16.9 Å². The van der Waals surface area contributed by atoms with Gasteiger partial charge in [0.1, 0.15) is 5.82 Å². The number of nitrogens with zero attached hydrogens (tertiary/aromatic N) is 4. The summed E-state index contributed by atoms with van der Waals surface area (Å²) < 4.78 is 3.50. The van der Waals surface area contributed by atoms with E-state index in [1.807, 2.05) is 41.3 Å². The quantitative estimate of drug-likeness (QED) is 0.538. The largest absolute Gasteiger partial charge is 0.348 e. The second-order valence-electron chi connectivity index (χ2n) is 5.99. The number of amides is 1. The van der Waals surface area contributed by atoms with Gasteiger partial charge < -0.3 is 9.88 Å². The third-order valence-electron chi connectivity index (χ3n) is 4.16. The fourth-order valence-electron chi connectivity index (χ4n) is 2.79. The van der Waals surface area contributed by atoms with Crippen LogP contribution in [0.3, 0.4) is 0 Å². The van der Waals surface area contributed by atoms with E-state index in [9.17, 15) is 9.59 Å². The molecule has 9 heteroatoms. The van der Waals surface area contributed by atoms with Gasteiger partial charge in [-0.15, -0.1) is 23.1 Å². The minimum absolute atomic E-state index is 0.0685. The van der Waals surface area contributed by atoms with Crippen LogP contribution in [0.5, 0.6) is 0 Å². The number of benzene rings is 1. The number of aromatic nitrogens is 4. The number of para-hydroxylation sites is 2. The molecule has 0 aliphatic carbocycles. The van der Waals surface area contributed by atoms with Crippen molar-refractivity contribution in [3.8, 4) is 0 Å². The molecule has 0 fully saturated rings. The average molecular weight is 400 g/mol. The van der Waals surface area contributed by atoms with Crippen LogP contribution in [0.1, 0.15) is 11.5 Å². The van der Waals surface area contributed by atoms with Crippen molar-refractivity contribution in [1.82, 2.24) is 24.3 Å². The number of rotatable bonds is 6. The van der Waals surface area contributed by atoms with Gasteiger partial charge >= 0.3 is 0 Å². The molecule has 138 valence electrons. The van der Waals surface area contributed by atoms with E-state index in [1.165, 1.54) is 33.6 Å². The summed E-state index contributed by atoms with van der Waals surface area (Å²) in [4.78, 5) is 33.7. The third kappa shape index (κ3) is 3.74. The molecule has 4 rings (SSSR count). The van der Waals surface area contributed by atoms with Crippen molar-refractivity contribution in [3.63, 3.8) is 0 Å². The molecule has 0 aliphatic rings. The molecule has 0 aliphatic heterocycles. The monoisotopic (exact) mass is 399 g/mol. The van der Waals surface area contributed by atoms with Gasteiger partial charge in [-0.3, -0.25) is 14.0 Å². The molecule has 3 aromatic heterocycles. The molecule has 0 unspecified atom stereocenters. The zero-order chi connectivity index (χ0) is 18.8. The summed E-state index contributed by atoms with van der Waals surface area (Å²) in [5.41, 5.74) is 2.55. The first-order valence-electron chi connectivity index (χ1n) is 8.32. The van der Waals surface area contributed by atoms with Crippen LogP contribution in [0.15, 0.2) is 46.7 Å². The number of fused-ring (bicyclic) bond motifs is 2. The van der Waals surface area contributed by atoms with Gasteiger partial charge in [-0.25, -0.2) is 9.97 Å². The number of carbonyl (C=O) groups excluding carboxylic acids is 1. The molecule has 3 heterocycles. The Morgan fingerprint density at radius 2 is 2.15 bits per heavy atom. The Kier molecular flexibility index (Phi) is 4.95. The van der Waals surface area contributed by atoms with Crippen LogP contribution in [0.25, 0.3) is 16.0 Å². The first-order chi connectivity index (χ1) is 13.1. The first-order valence-corrected chi connectivity index (χ1v) is 10.4. The number of imidazole rings is 1. The lowest BCUT2D eigenvalue weighted by atomic mass is 10.3. The molecular weight excluding hydrogens is 382 g/mol. The van der Waals surface area contributed by atoms with Crippen LogP contribution in [0, 0.1) is 0 Å². The molecule has 1 N–H and O–H groups in total. The zero-order valence-corrected chi connectivity index (χ0v) is 16.2. The minimum atomic E-state index is -0.0943. The molecular formula is C18H17N5O2S2. The molecule has 0 bridgehead atoms. The predicted molar refractivity (Wildman–Crippen MR) is 108 cm³/mol. The Morgan fingerprint density at radius 1 is 1.30 bits per heavy atom. The van der Waals surface area contributed by atoms with Gasteiger partial charge in [-0.05, 0) is 12.1 Å². The number of thiazole rings is 1. The van der Waals surface area contributed by atoms with Gasteiger partial charge in [-0.2, -0.15) is 0 Å². The van der Waals surface area contributed by atoms with Gasteiger partial charge in [0, 0.05) is 30.4 Å². The van der Waals surface area contributed by atoms with E-state index in [-0.39, 0.29) is 11.5 Å². The number of nitrogens with one attached hydrogen (secondary N) is 1. The molecule has 27 heavy (non-hydrogen) atoms. The van der Waals surface area contributed by atoms with Crippen LogP contribution in [0.2, 0.25) is 0 Å². The summed E-state index contributed by atoms with van der Waals surface area (Å²) in [6.45, 7) is 0.380. The van der Waals surface area contributed by atoms with E-state index in [1.54, 1.807) is 6.20 Å². The second-order valence-corrected chi connectivity index (χ2v) is 7.85. The highest BCUT2D eigenvalue weighted by atomic mass is 32.2. The van der Waals surface area contributed by atoms with E-state index in [0.29, 0.717) is 28.7 Å². The molecule has 1 aromatic carbocycles. The normalized spacial score (nSPS) is 11.3. The maximum atomic E-state index is 12.1. The first kappa shape index (κ1) is 17.7. The maximum Gasteiger partial charge on any atom is 0.258 e. The van der Waals surface area contributed by atoms with Crippen LogP contribution in [-0.4, -0.2) is 30.6 Å². The molecule has 0 radical (unpaired) electrons. The molecule has 0 saturated heterocycles. The lowest BCUT2D eigenvalue weighted by Crippen LogP contribution is -2.26. The number of aryl methyl sites for hydroxylation is 1. The SMILES string of the molecule is Cn1c(CNC(=O)CSCc2cc(=O)n3ccsc3n2)nc2ccccc21. The maximum absolute atomic E-state index is 12.1. The fraction of sp³-hybridized carbons (Fsp3) is 0.222. The zero-order valence-electron chi connectivity index (χ0n) is 14.6. The average Bonchev–Trinajstić information content (AvgIpc) is 3.25. The Labute approximate surface area is 163 Å². The predicted octanol–water partition coefficient (Wildman–Crippen LogP) is 2.19. The van der Waals surface area contributed by atoms with Gasteiger partial charge in [0.25, 0.3) is 5.56 Å². The Hall–Kier alpha value is -2.65. The lowest BCUT2D eigenvalue weighted by Gasteiger charge is -2.06. The van der Waals surface area contributed by atoms with E-state index in [2.05, 4.69) is 15.3 Å². The summed E-state index contributed by atoms with van der Waals surface area (Å²) in [5.74, 6) is 1.56. The molecule has 7 nitrogen and oxygen atoms in total. The van der Waals surface area contributed by atoms with Crippen LogP contribution >= 0.6 is 23.1 Å². The molecule has 0 saturated carbocycles. The topological polar surface area (TPSA) is 81.3 Å².